The highest BCUT2D eigenvalue weighted by Crippen LogP contribution is 2.40. The Morgan fingerprint density at radius 2 is 1.76 bits per heavy atom. The number of carbonyl (C=O) groups excluding carboxylic acids is 1. The number of hydrogen-bond acceptors (Lipinski definition) is 2. The lowest BCUT2D eigenvalue weighted by Gasteiger charge is -2.25. The molecule has 1 aromatic carbocycles. The van der Waals surface area contributed by atoms with Crippen LogP contribution in [0, 0.1) is 0 Å². The first-order chi connectivity index (χ1) is 9.55. The molecular weight excluding hydrogens is 301 g/mol. The van der Waals surface area contributed by atoms with Gasteiger partial charge in [0.15, 0.2) is 0 Å². The predicted molar refractivity (Wildman–Crippen MR) is 60.5 cm³/mol. The number of carboxylic acids is 1. The van der Waals surface area contributed by atoms with Gasteiger partial charge in [0.25, 0.3) is 0 Å². The number of rotatable bonds is 2. The van der Waals surface area contributed by atoms with E-state index in [0.717, 1.165) is 18.2 Å². The summed E-state index contributed by atoms with van der Waals surface area (Å²) in [6, 6.07) is 3.24. The summed E-state index contributed by atoms with van der Waals surface area (Å²) >= 11 is 0. The minimum atomic E-state index is -5.98. The topological polar surface area (TPSA) is 57.6 Å². The van der Waals surface area contributed by atoms with Gasteiger partial charge in [-0.25, -0.2) is 4.79 Å². The summed E-state index contributed by atoms with van der Waals surface area (Å²) < 4.78 is 62.8. The van der Waals surface area contributed by atoms with Gasteiger partial charge < -0.3 is 10.0 Å². The summed E-state index contributed by atoms with van der Waals surface area (Å²) in [4.78, 5) is 22.5. The van der Waals surface area contributed by atoms with Crippen LogP contribution in [0.3, 0.4) is 0 Å². The number of aromatic carboxylic acids is 1. The molecule has 1 N–H and O–H groups in total. The van der Waals surface area contributed by atoms with E-state index in [2.05, 4.69) is 0 Å². The Balaban J connectivity index is 2.36. The first-order valence-corrected chi connectivity index (χ1v) is 5.68. The van der Waals surface area contributed by atoms with Gasteiger partial charge in [-0.05, 0) is 30.2 Å². The smallest absolute Gasteiger partial charge is 0.463 e. The number of carbonyl (C=O) groups is 2. The fourth-order valence-electron chi connectivity index (χ4n) is 2.04. The number of halogens is 5. The van der Waals surface area contributed by atoms with Crippen molar-refractivity contribution in [3.8, 4) is 0 Å². The van der Waals surface area contributed by atoms with Crippen LogP contribution in [0.4, 0.5) is 27.6 Å². The van der Waals surface area contributed by atoms with Gasteiger partial charge in [-0.2, -0.15) is 22.0 Å². The molecule has 0 atom stereocenters. The van der Waals surface area contributed by atoms with Gasteiger partial charge in [0.2, 0.25) is 0 Å². The van der Waals surface area contributed by atoms with E-state index in [1.165, 1.54) is 0 Å². The number of hydrogen-bond donors (Lipinski definition) is 1. The first kappa shape index (κ1) is 15.2. The second-order valence-electron chi connectivity index (χ2n) is 4.43. The van der Waals surface area contributed by atoms with Crippen molar-refractivity contribution in [2.75, 3.05) is 11.4 Å². The highest BCUT2D eigenvalue weighted by atomic mass is 19.4. The summed E-state index contributed by atoms with van der Waals surface area (Å²) in [5.74, 6) is -9.11. The van der Waals surface area contributed by atoms with Gasteiger partial charge in [-0.1, -0.05) is 0 Å². The molecule has 0 aromatic heterocycles. The summed E-state index contributed by atoms with van der Waals surface area (Å²) in [5, 5.41) is 8.78. The fraction of sp³-hybridized carbons (Fsp3) is 0.333. The van der Waals surface area contributed by atoms with E-state index in [-0.39, 0.29) is 29.8 Å². The number of benzene rings is 1. The van der Waals surface area contributed by atoms with Crippen LogP contribution in [0.15, 0.2) is 18.2 Å². The van der Waals surface area contributed by atoms with E-state index >= 15 is 0 Å². The molecule has 4 nitrogen and oxygen atoms in total. The molecule has 21 heavy (non-hydrogen) atoms. The Hall–Kier alpha value is -2.19. The second kappa shape index (κ2) is 4.68. The van der Waals surface area contributed by atoms with Gasteiger partial charge in [-0.15, -0.1) is 0 Å². The van der Waals surface area contributed by atoms with E-state index in [1.54, 1.807) is 0 Å². The average molecular weight is 309 g/mol. The van der Waals surface area contributed by atoms with Crippen LogP contribution in [0.1, 0.15) is 15.9 Å². The van der Waals surface area contributed by atoms with Gasteiger partial charge in [0.05, 0.1) is 5.56 Å². The summed E-state index contributed by atoms with van der Waals surface area (Å²) in [7, 11) is 0. The summed E-state index contributed by atoms with van der Waals surface area (Å²) in [6.45, 7) is -0.358. The molecule has 0 unspecified atom stereocenters. The lowest BCUT2D eigenvalue weighted by atomic mass is 10.1. The Kier molecular flexibility index (Phi) is 3.38. The number of anilines is 1. The molecule has 0 fully saturated rings. The van der Waals surface area contributed by atoms with Crippen LogP contribution < -0.4 is 4.90 Å². The molecule has 0 spiro atoms. The molecule has 1 heterocycles. The predicted octanol–water partition coefficient (Wildman–Crippen LogP) is 2.47. The monoisotopic (exact) mass is 309 g/mol. The molecule has 0 saturated heterocycles. The number of alkyl halides is 5. The standard InChI is InChI=1S/C12H8F5NO3/c13-11(14,12(15,16)17)10(21)18-4-3-6-5-7(9(19)20)1-2-8(6)18/h1-2,5H,3-4H2,(H,19,20). The fourth-order valence-corrected chi connectivity index (χ4v) is 2.04. The molecular formula is C12H8F5NO3. The third kappa shape index (κ3) is 2.43. The molecule has 1 aliphatic heterocycles. The van der Waals surface area contributed by atoms with E-state index in [9.17, 15) is 31.5 Å². The minimum Gasteiger partial charge on any atom is -0.478 e. The maximum Gasteiger partial charge on any atom is 0.463 e. The van der Waals surface area contributed by atoms with E-state index in [1.807, 2.05) is 0 Å². The molecule has 0 aliphatic carbocycles. The van der Waals surface area contributed by atoms with Gasteiger partial charge in [0.1, 0.15) is 0 Å². The van der Waals surface area contributed by atoms with Gasteiger partial charge in [0, 0.05) is 12.2 Å². The van der Waals surface area contributed by atoms with Crippen LogP contribution in [0.25, 0.3) is 0 Å². The Labute approximate surface area is 114 Å². The van der Waals surface area contributed by atoms with Crippen molar-refractivity contribution in [1.29, 1.82) is 0 Å². The van der Waals surface area contributed by atoms with Crippen LogP contribution in [0.2, 0.25) is 0 Å². The van der Waals surface area contributed by atoms with Crippen molar-refractivity contribution in [2.45, 2.75) is 18.5 Å². The SMILES string of the molecule is O=C(O)c1ccc2c(c1)CCN2C(=O)C(F)(F)C(F)(F)F. The zero-order valence-corrected chi connectivity index (χ0v) is 10.2. The third-order valence-electron chi connectivity index (χ3n) is 3.09. The van der Waals surface area contributed by atoms with Crippen molar-refractivity contribution in [2.24, 2.45) is 0 Å². The van der Waals surface area contributed by atoms with Crippen molar-refractivity contribution in [1.82, 2.24) is 0 Å². The number of amides is 1. The third-order valence-corrected chi connectivity index (χ3v) is 3.09. The summed E-state index contributed by atoms with van der Waals surface area (Å²) in [5.41, 5.74) is -0.0271. The molecule has 0 saturated carbocycles. The molecule has 1 aromatic rings. The van der Waals surface area contributed by atoms with E-state index in [0.29, 0.717) is 4.90 Å². The van der Waals surface area contributed by atoms with E-state index < -0.39 is 24.0 Å². The maximum atomic E-state index is 13.1. The quantitative estimate of drug-likeness (QED) is 0.854. The number of carboxylic acid groups (broad SMARTS) is 1. The zero-order chi connectivity index (χ0) is 16.0. The molecule has 9 heteroatoms. The number of nitrogens with zero attached hydrogens (tertiary/aromatic N) is 1. The van der Waals surface area contributed by atoms with Crippen molar-refractivity contribution >= 4 is 17.6 Å². The lowest BCUT2D eigenvalue weighted by molar-refractivity contribution is -0.268. The average Bonchev–Trinajstić information content (AvgIpc) is 2.78. The molecule has 0 radical (unpaired) electrons. The Bertz CT molecular complexity index is 611. The molecule has 114 valence electrons. The minimum absolute atomic E-state index is 0.0101. The molecule has 0 bridgehead atoms. The van der Waals surface area contributed by atoms with Crippen LogP contribution in [-0.4, -0.2) is 35.6 Å². The highest BCUT2D eigenvalue weighted by molar-refractivity contribution is 6.01. The second-order valence-corrected chi connectivity index (χ2v) is 4.43. The van der Waals surface area contributed by atoms with Crippen LogP contribution >= 0.6 is 0 Å². The lowest BCUT2D eigenvalue weighted by Crippen LogP contribution is -2.51. The van der Waals surface area contributed by atoms with Crippen molar-refractivity contribution < 1.29 is 36.6 Å². The maximum absolute atomic E-state index is 13.1. The van der Waals surface area contributed by atoms with Crippen LogP contribution in [0.5, 0.6) is 0 Å². The molecule has 1 aliphatic rings. The summed E-state index contributed by atoms with van der Waals surface area (Å²) in [6.07, 6.45) is -5.97. The van der Waals surface area contributed by atoms with Gasteiger partial charge in [-0.3, -0.25) is 4.79 Å². The largest absolute Gasteiger partial charge is 0.478 e. The van der Waals surface area contributed by atoms with E-state index in [4.69, 9.17) is 5.11 Å². The van der Waals surface area contributed by atoms with Crippen molar-refractivity contribution in [3.05, 3.63) is 29.3 Å². The Morgan fingerprint density at radius 1 is 1.14 bits per heavy atom. The molecule has 2 rings (SSSR count). The first-order valence-electron chi connectivity index (χ1n) is 5.68. The van der Waals surface area contributed by atoms with Gasteiger partial charge >= 0.3 is 24.0 Å². The number of fused-ring (bicyclic) bond motifs is 1. The Morgan fingerprint density at radius 3 is 2.29 bits per heavy atom. The van der Waals surface area contributed by atoms with Crippen molar-refractivity contribution in [3.63, 3.8) is 0 Å². The normalized spacial score (nSPS) is 15.0. The zero-order valence-electron chi connectivity index (χ0n) is 10.2. The highest BCUT2D eigenvalue weighted by Gasteiger charge is 2.65. The van der Waals surface area contributed by atoms with Crippen LogP contribution in [-0.2, 0) is 11.2 Å². The molecule has 1 amide bonds.